The van der Waals surface area contributed by atoms with E-state index < -0.39 is 17.2 Å². The molecule has 1 atom stereocenters. The van der Waals surface area contributed by atoms with Gasteiger partial charge in [0.1, 0.15) is 5.60 Å². The largest absolute Gasteiger partial charge is 0.444 e. The molecule has 1 saturated carbocycles. The van der Waals surface area contributed by atoms with Gasteiger partial charge in [-0.2, -0.15) is 0 Å². The summed E-state index contributed by atoms with van der Waals surface area (Å²) in [5.41, 5.74) is -1.01. The molecule has 1 amide bonds. The Bertz CT molecular complexity index is 477. The smallest absolute Gasteiger partial charge is 0.408 e. The maximum atomic E-state index is 12.0. The molecule has 0 aliphatic heterocycles. The van der Waals surface area contributed by atoms with E-state index in [1.165, 1.54) is 12.8 Å². The predicted octanol–water partition coefficient (Wildman–Crippen LogP) is 2.19. The second kappa shape index (κ2) is 9.44. The summed E-state index contributed by atoms with van der Waals surface area (Å²) in [5.74, 6) is 1.56. The Labute approximate surface area is 159 Å². The van der Waals surface area contributed by atoms with E-state index in [0.717, 1.165) is 25.0 Å². The number of guanidine groups is 1. The molecule has 152 valence electrons. The van der Waals surface area contributed by atoms with Crippen LogP contribution in [0.25, 0.3) is 0 Å². The monoisotopic (exact) mass is 369 g/mol. The number of rotatable bonds is 8. The third kappa shape index (κ3) is 9.27. The van der Waals surface area contributed by atoms with Crippen molar-refractivity contribution >= 4 is 12.1 Å². The van der Waals surface area contributed by atoms with Crippen LogP contribution in [-0.2, 0) is 4.74 Å². The zero-order chi connectivity index (χ0) is 20.0. The Kier molecular flexibility index (Phi) is 8.18. The topological polar surface area (TPSA) is 78.0 Å². The third-order valence-electron chi connectivity index (χ3n) is 4.12. The van der Waals surface area contributed by atoms with Crippen LogP contribution >= 0.6 is 0 Å². The summed E-state index contributed by atoms with van der Waals surface area (Å²) in [5, 5.41) is 9.61. The molecule has 0 aromatic rings. The normalized spacial score (nSPS) is 17.0. The molecule has 0 aromatic carbocycles. The number of aliphatic imine (C=N–C) groups is 1. The molecule has 26 heavy (non-hydrogen) atoms. The number of hydrogen-bond donors (Lipinski definition) is 3. The quantitative estimate of drug-likeness (QED) is 0.451. The number of hydrogen-bond acceptors (Lipinski definition) is 4. The molecule has 0 bridgehead atoms. The molecule has 0 radical (unpaired) electrons. The highest BCUT2D eigenvalue weighted by Crippen LogP contribution is 2.34. The number of amides is 1. The van der Waals surface area contributed by atoms with Gasteiger partial charge in [0, 0.05) is 19.1 Å². The van der Waals surface area contributed by atoms with E-state index in [2.05, 4.69) is 39.9 Å². The minimum Gasteiger partial charge on any atom is -0.444 e. The minimum absolute atomic E-state index is 0.419. The average Bonchev–Trinajstić information content (AvgIpc) is 3.26. The van der Waals surface area contributed by atoms with Crippen molar-refractivity contribution in [3.8, 4) is 0 Å². The zero-order valence-electron chi connectivity index (χ0n) is 17.9. The summed E-state index contributed by atoms with van der Waals surface area (Å²) in [6, 6.07) is 0.520. The molecule has 7 heteroatoms. The number of nitrogens with zero attached hydrogens (tertiary/aromatic N) is 2. The highest BCUT2D eigenvalue weighted by molar-refractivity contribution is 5.80. The van der Waals surface area contributed by atoms with E-state index in [9.17, 15) is 4.79 Å². The van der Waals surface area contributed by atoms with Gasteiger partial charge in [-0.1, -0.05) is 0 Å². The predicted molar refractivity (Wildman–Crippen MR) is 108 cm³/mol. The third-order valence-corrected chi connectivity index (χ3v) is 4.12. The first kappa shape index (κ1) is 22.5. The van der Waals surface area contributed by atoms with Crippen LogP contribution in [0.15, 0.2) is 4.99 Å². The van der Waals surface area contributed by atoms with Gasteiger partial charge in [-0.05, 0) is 74.4 Å². The van der Waals surface area contributed by atoms with E-state index in [-0.39, 0.29) is 0 Å². The molecule has 0 spiro atoms. The number of alkyl carbamates (subject to hydrolysis) is 1. The van der Waals surface area contributed by atoms with Crippen LogP contribution in [0.4, 0.5) is 4.79 Å². The maximum absolute atomic E-state index is 12.0. The van der Waals surface area contributed by atoms with Crippen molar-refractivity contribution in [2.75, 3.05) is 33.7 Å². The van der Waals surface area contributed by atoms with Gasteiger partial charge in [0.25, 0.3) is 0 Å². The first-order valence-electron chi connectivity index (χ1n) is 9.63. The molecule has 0 aromatic heterocycles. The van der Waals surface area contributed by atoms with Gasteiger partial charge in [0.2, 0.25) is 0 Å². The van der Waals surface area contributed by atoms with Crippen molar-refractivity contribution in [1.82, 2.24) is 20.9 Å². The van der Waals surface area contributed by atoms with Gasteiger partial charge in [-0.3, -0.25) is 4.99 Å². The first-order valence-corrected chi connectivity index (χ1v) is 9.63. The van der Waals surface area contributed by atoms with Gasteiger partial charge in [-0.25, -0.2) is 4.79 Å². The number of likely N-dealkylation sites (N-methyl/N-ethyl adjacent to an activating group) is 1. The molecule has 1 aliphatic rings. The van der Waals surface area contributed by atoms with E-state index in [1.54, 1.807) is 0 Å². The Morgan fingerprint density at radius 3 is 2.27 bits per heavy atom. The molecule has 1 rings (SSSR count). The van der Waals surface area contributed by atoms with E-state index in [4.69, 9.17) is 4.74 Å². The SMILES string of the molecule is CCNC(=NCC(C)(C)NC(=O)OC(C)(C)C)NCC(C1CC1)N(C)C. The number of carbonyl (C=O) groups excluding carboxylic acids is 1. The summed E-state index contributed by atoms with van der Waals surface area (Å²) in [6.07, 6.45) is 2.20. The number of ether oxygens (including phenoxy) is 1. The summed E-state index contributed by atoms with van der Waals surface area (Å²) < 4.78 is 5.33. The molecule has 1 fully saturated rings. The lowest BCUT2D eigenvalue weighted by atomic mass is 10.1. The van der Waals surface area contributed by atoms with Gasteiger partial charge in [0.05, 0.1) is 12.1 Å². The van der Waals surface area contributed by atoms with Crippen molar-refractivity contribution in [2.24, 2.45) is 10.9 Å². The fourth-order valence-corrected chi connectivity index (χ4v) is 2.69. The molecule has 1 unspecified atom stereocenters. The van der Waals surface area contributed by atoms with Crippen LogP contribution in [0.5, 0.6) is 0 Å². The van der Waals surface area contributed by atoms with Crippen molar-refractivity contribution in [3.63, 3.8) is 0 Å². The summed E-state index contributed by atoms with van der Waals surface area (Å²) in [7, 11) is 4.26. The number of nitrogens with one attached hydrogen (secondary N) is 3. The van der Waals surface area contributed by atoms with Gasteiger partial charge in [0.15, 0.2) is 5.96 Å². The van der Waals surface area contributed by atoms with Crippen molar-refractivity contribution in [2.45, 2.75) is 71.6 Å². The Hall–Kier alpha value is -1.50. The molecule has 1 aliphatic carbocycles. The molecule has 3 N–H and O–H groups in total. The molecule has 0 heterocycles. The van der Waals surface area contributed by atoms with E-state index in [1.807, 2.05) is 41.5 Å². The van der Waals surface area contributed by atoms with Crippen molar-refractivity contribution in [1.29, 1.82) is 0 Å². The molecular formula is C19H39N5O2. The zero-order valence-corrected chi connectivity index (χ0v) is 17.9. The highest BCUT2D eigenvalue weighted by atomic mass is 16.6. The highest BCUT2D eigenvalue weighted by Gasteiger charge is 2.32. The van der Waals surface area contributed by atoms with Crippen LogP contribution in [0.2, 0.25) is 0 Å². The van der Waals surface area contributed by atoms with Crippen LogP contribution in [-0.4, -0.2) is 67.9 Å². The summed E-state index contributed by atoms with van der Waals surface area (Å²) in [6.45, 7) is 13.6. The average molecular weight is 370 g/mol. The van der Waals surface area contributed by atoms with E-state index >= 15 is 0 Å². The molecule has 0 saturated heterocycles. The first-order chi connectivity index (χ1) is 11.9. The Morgan fingerprint density at radius 2 is 1.81 bits per heavy atom. The standard InChI is InChI=1S/C19H39N5O2/c1-9-20-16(21-12-15(24(7)8)14-10-11-14)22-13-19(5,6)23-17(25)26-18(2,3)4/h14-15H,9-13H2,1-8H3,(H,23,25)(H2,20,21,22). The second-order valence-corrected chi connectivity index (χ2v) is 8.96. The van der Waals surface area contributed by atoms with Crippen LogP contribution in [0, 0.1) is 5.92 Å². The summed E-state index contributed by atoms with van der Waals surface area (Å²) in [4.78, 5) is 18.9. The van der Waals surface area contributed by atoms with E-state index in [0.29, 0.717) is 12.6 Å². The van der Waals surface area contributed by atoms with Crippen molar-refractivity contribution < 1.29 is 9.53 Å². The maximum Gasteiger partial charge on any atom is 0.408 e. The second-order valence-electron chi connectivity index (χ2n) is 8.96. The fraction of sp³-hybridized carbons (Fsp3) is 0.895. The molecule has 7 nitrogen and oxygen atoms in total. The number of carbonyl (C=O) groups is 1. The van der Waals surface area contributed by atoms with Crippen molar-refractivity contribution in [3.05, 3.63) is 0 Å². The van der Waals surface area contributed by atoms with Crippen LogP contribution < -0.4 is 16.0 Å². The Balaban J connectivity index is 2.58. The van der Waals surface area contributed by atoms with Crippen LogP contribution in [0.3, 0.4) is 0 Å². The minimum atomic E-state index is -0.510. The molecular weight excluding hydrogens is 330 g/mol. The van der Waals surface area contributed by atoms with Gasteiger partial charge >= 0.3 is 6.09 Å². The lowest BCUT2D eigenvalue weighted by Gasteiger charge is -2.28. The van der Waals surface area contributed by atoms with Crippen LogP contribution in [0.1, 0.15) is 54.4 Å². The van der Waals surface area contributed by atoms with Gasteiger partial charge < -0.3 is 25.6 Å². The lowest BCUT2D eigenvalue weighted by Crippen LogP contribution is -2.49. The lowest BCUT2D eigenvalue weighted by molar-refractivity contribution is 0.0476. The fourth-order valence-electron chi connectivity index (χ4n) is 2.69. The van der Waals surface area contributed by atoms with Gasteiger partial charge in [-0.15, -0.1) is 0 Å². The Morgan fingerprint density at radius 1 is 1.19 bits per heavy atom. The summed E-state index contributed by atoms with van der Waals surface area (Å²) >= 11 is 0.